The number of alkyl halides is 1. The van der Waals surface area contributed by atoms with Crippen molar-refractivity contribution in [3.05, 3.63) is 23.8 Å². The minimum atomic E-state index is -0.0221. The second-order valence-electron chi connectivity index (χ2n) is 3.75. The summed E-state index contributed by atoms with van der Waals surface area (Å²) in [4.78, 5) is 12.5. The summed E-state index contributed by atoms with van der Waals surface area (Å²) in [6.45, 7) is 3.76. The number of aryl methyl sites for hydroxylation is 1. The Morgan fingerprint density at radius 2 is 2.33 bits per heavy atom. The molecule has 18 heavy (non-hydrogen) atoms. The first-order valence-electron chi connectivity index (χ1n) is 5.20. The molecule has 0 fully saturated rings. The van der Waals surface area contributed by atoms with Crippen molar-refractivity contribution in [2.45, 2.75) is 18.7 Å². The zero-order valence-electron chi connectivity index (χ0n) is 9.97. The molecule has 0 aromatic heterocycles. The van der Waals surface area contributed by atoms with E-state index in [4.69, 9.17) is 5.26 Å². The van der Waals surface area contributed by atoms with Crippen LogP contribution in [0.4, 0.5) is 5.69 Å². The molecule has 0 aliphatic rings. The molecule has 0 saturated heterocycles. The maximum absolute atomic E-state index is 11.7. The third-order valence-corrected chi connectivity index (χ3v) is 4.36. The van der Waals surface area contributed by atoms with Gasteiger partial charge in [0.1, 0.15) is 0 Å². The van der Waals surface area contributed by atoms with Crippen LogP contribution < -0.4 is 5.32 Å². The van der Waals surface area contributed by atoms with Gasteiger partial charge in [-0.15, -0.1) is 4.33 Å². The molecule has 1 rings (SSSR count). The van der Waals surface area contributed by atoms with Crippen LogP contribution in [-0.2, 0) is 14.2 Å². The summed E-state index contributed by atoms with van der Waals surface area (Å²) in [5.74, 6) is -0.0229. The quantitative estimate of drug-likeness (QED) is 0.259. The Balaban J connectivity index is 2.69. The Morgan fingerprint density at radius 1 is 1.61 bits per heavy atom. The smallest absolute Gasteiger partial charge is 0.227 e. The van der Waals surface area contributed by atoms with E-state index in [1.54, 1.807) is 12.1 Å². The summed E-state index contributed by atoms with van der Waals surface area (Å²) in [5, 5.41) is 14.5. The molecule has 100 valence electrons. The second kappa shape index (κ2) is 7.95. The number of carbonyl (C=O) groups excluding carboxylic acids is 1. The number of anilines is 1. The fourth-order valence-electron chi connectivity index (χ4n) is 1.21. The fourth-order valence-corrected chi connectivity index (χ4v) is 2.03. The molecule has 7 heteroatoms. The molecule has 1 aromatic carbocycles. The molecule has 0 bridgehead atoms. The highest BCUT2D eigenvalue weighted by molar-refractivity contribution is 14.1. The fraction of sp³-hybridized carbons (Fsp3) is 0.364. The summed E-state index contributed by atoms with van der Waals surface area (Å²) in [6.07, 6.45) is 0. The van der Waals surface area contributed by atoms with E-state index in [2.05, 4.69) is 37.3 Å². The minimum absolute atomic E-state index is 0.000792. The number of nitrogens with one attached hydrogen (secondary N) is 1. The molecule has 1 unspecified atom stereocenters. The molecule has 1 aromatic rings. The van der Waals surface area contributed by atoms with Crippen molar-refractivity contribution in [3.63, 3.8) is 0 Å². The van der Waals surface area contributed by atoms with E-state index in [1.807, 2.05) is 19.9 Å². The van der Waals surface area contributed by atoms with Gasteiger partial charge in [-0.25, -0.2) is 5.26 Å². The molecule has 0 spiro atoms. The van der Waals surface area contributed by atoms with Crippen LogP contribution in [0.1, 0.15) is 12.5 Å². The summed E-state index contributed by atoms with van der Waals surface area (Å²) in [7, 11) is 0. The summed E-state index contributed by atoms with van der Waals surface area (Å²) in [5.41, 5.74) is 1.65. The molecule has 0 aliphatic heterocycles. The average molecular weight is 383 g/mol. The molecule has 0 aliphatic carbocycles. The Kier molecular flexibility index (Phi) is 6.94. The van der Waals surface area contributed by atoms with E-state index in [0.29, 0.717) is 0 Å². The average Bonchev–Trinajstić information content (AvgIpc) is 2.36. The van der Waals surface area contributed by atoms with E-state index < -0.39 is 0 Å². The number of halogens is 1. The molecule has 1 amide bonds. The molecule has 2 N–H and O–H groups in total. The van der Waals surface area contributed by atoms with Gasteiger partial charge in [0, 0.05) is 20.9 Å². The van der Waals surface area contributed by atoms with Crippen molar-refractivity contribution < 1.29 is 19.4 Å². The summed E-state index contributed by atoms with van der Waals surface area (Å²) >= 11 is 3.08. The van der Waals surface area contributed by atoms with Crippen LogP contribution in [0.25, 0.3) is 0 Å². The van der Waals surface area contributed by atoms with E-state index in [9.17, 15) is 4.79 Å². The Morgan fingerprint density at radius 3 is 2.89 bits per heavy atom. The summed E-state index contributed by atoms with van der Waals surface area (Å²) in [6, 6.07) is 5.39. The molecular formula is C11H14INO4S. The summed E-state index contributed by atoms with van der Waals surface area (Å²) < 4.78 is 5.14. The zero-order valence-corrected chi connectivity index (χ0v) is 12.9. The van der Waals surface area contributed by atoms with Crippen molar-refractivity contribution >= 4 is 46.2 Å². The predicted molar refractivity (Wildman–Crippen MR) is 78.5 cm³/mol. The van der Waals surface area contributed by atoms with Crippen molar-refractivity contribution in [2.24, 2.45) is 5.92 Å². The van der Waals surface area contributed by atoms with Gasteiger partial charge in [-0.2, -0.15) is 0 Å². The largest absolute Gasteiger partial charge is 0.326 e. The van der Waals surface area contributed by atoms with Crippen LogP contribution in [0.5, 0.6) is 0 Å². The van der Waals surface area contributed by atoms with Crippen molar-refractivity contribution in [1.29, 1.82) is 0 Å². The number of carbonyl (C=O) groups is 1. The van der Waals surface area contributed by atoms with Gasteiger partial charge in [0.05, 0.1) is 12.0 Å². The molecule has 0 saturated carbocycles. The third kappa shape index (κ3) is 4.73. The molecule has 5 nitrogen and oxygen atoms in total. The lowest BCUT2D eigenvalue weighted by molar-refractivity contribution is -0.432. The molecule has 0 radical (unpaired) electrons. The second-order valence-corrected chi connectivity index (χ2v) is 5.37. The number of hydrogen-bond donors (Lipinski definition) is 2. The van der Waals surface area contributed by atoms with Crippen LogP contribution in [0.2, 0.25) is 0 Å². The highest BCUT2D eigenvalue weighted by atomic mass is 127. The highest BCUT2D eigenvalue weighted by Crippen LogP contribution is 2.26. The maximum atomic E-state index is 11.7. The van der Waals surface area contributed by atoms with Gasteiger partial charge in [0.2, 0.25) is 5.91 Å². The lowest BCUT2D eigenvalue weighted by Gasteiger charge is -2.11. The van der Waals surface area contributed by atoms with Crippen LogP contribution in [-0.4, -0.2) is 15.6 Å². The SMILES string of the molecule is Cc1cc(NC(=O)C(C)CI)ccc1SOOO. The molecule has 1 atom stereocenters. The van der Waals surface area contributed by atoms with Gasteiger partial charge in [0.15, 0.2) is 0 Å². The minimum Gasteiger partial charge on any atom is -0.326 e. The van der Waals surface area contributed by atoms with Crippen molar-refractivity contribution in [1.82, 2.24) is 0 Å². The Hall–Kier alpha value is -0.350. The highest BCUT2D eigenvalue weighted by Gasteiger charge is 2.11. The number of benzene rings is 1. The van der Waals surface area contributed by atoms with Crippen LogP contribution in [0.3, 0.4) is 0 Å². The van der Waals surface area contributed by atoms with E-state index in [1.165, 1.54) is 0 Å². The molecule has 0 heterocycles. The lowest BCUT2D eigenvalue weighted by Crippen LogP contribution is -2.21. The van der Waals surface area contributed by atoms with E-state index in [0.717, 1.165) is 32.6 Å². The van der Waals surface area contributed by atoms with Gasteiger partial charge in [-0.1, -0.05) is 34.6 Å². The number of rotatable bonds is 6. The van der Waals surface area contributed by atoms with Crippen LogP contribution in [0.15, 0.2) is 23.1 Å². The first-order valence-corrected chi connectivity index (χ1v) is 7.47. The number of amides is 1. The van der Waals surface area contributed by atoms with Gasteiger partial charge in [-0.05, 0) is 30.7 Å². The van der Waals surface area contributed by atoms with Gasteiger partial charge in [0.25, 0.3) is 0 Å². The van der Waals surface area contributed by atoms with Gasteiger partial charge in [-0.3, -0.25) is 4.79 Å². The zero-order chi connectivity index (χ0) is 13.5. The van der Waals surface area contributed by atoms with Crippen LogP contribution in [0, 0.1) is 12.8 Å². The molecular weight excluding hydrogens is 369 g/mol. The Labute approximate surface area is 123 Å². The number of hydrogen-bond acceptors (Lipinski definition) is 5. The predicted octanol–water partition coefficient (Wildman–Crippen LogP) is 3.43. The van der Waals surface area contributed by atoms with Gasteiger partial charge >= 0.3 is 0 Å². The third-order valence-electron chi connectivity index (χ3n) is 2.28. The van der Waals surface area contributed by atoms with Crippen molar-refractivity contribution in [3.8, 4) is 0 Å². The normalized spacial score (nSPS) is 12.2. The van der Waals surface area contributed by atoms with Crippen LogP contribution >= 0.6 is 34.6 Å². The van der Waals surface area contributed by atoms with E-state index in [-0.39, 0.29) is 11.8 Å². The lowest BCUT2D eigenvalue weighted by atomic mass is 10.2. The Bertz CT molecular complexity index is 416. The maximum Gasteiger partial charge on any atom is 0.227 e. The first kappa shape index (κ1) is 15.7. The van der Waals surface area contributed by atoms with Gasteiger partial charge < -0.3 is 5.32 Å². The van der Waals surface area contributed by atoms with E-state index >= 15 is 0 Å². The topological polar surface area (TPSA) is 67.8 Å². The first-order chi connectivity index (χ1) is 8.58. The monoisotopic (exact) mass is 383 g/mol. The van der Waals surface area contributed by atoms with Crippen molar-refractivity contribution in [2.75, 3.05) is 9.74 Å². The standard InChI is InChI=1S/C11H14INO4S/c1-7-5-9(13-11(14)8(2)6-12)3-4-10(7)18-17-16-15/h3-5,8,15H,6H2,1-2H3,(H,13,14).